The molecule has 5 heteroatoms. The van der Waals surface area contributed by atoms with Gasteiger partial charge in [0.25, 0.3) is 0 Å². The van der Waals surface area contributed by atoms with E-state index in [0.717, 1.165) is 49.7 Å². The predicted octanol–water partition coefficient (Wildman–Crippen LogP) is 0.779. The van der Waals surface area contributed by atoms with E-state index in [-0.39, 0.29) is 12.1 Å². The zero-order valence-electron chi connectivity index (χ0n) is 13.7. The van der Waals surface area contributed by atoms with Gasteiger partial charge in [-0.3, -0.25) is 4.90 Å². The molecule has 1 fully saturated rings. The molecule has 1 aliphatic carbocycles. The Bertz CT molecular complexity index is 527. The molecule has 0 bridgehead atoms. The quantitative estimate of drug-likeness (QED) is 0.894. The topological polar surface area (TPSA) is 45.2 Å². The molecular formula is C17H26N2O3. The summed E-state index contributed by atoms with van der Waals surface area (Å²) < 4.78 is 11.0. The number of aliphatic hydroxyl groups is 1. The van der Waals surface area contributed by atoms with Gasteiger partial charge >= 0.3 is 0 Å². The van der Waals surface area contributed by atoms with E-state index in [1.54, 1.807) is 14.2 Å². The van der Waals surface area contributed by atoms with Gasteiger partial charge in [0.05, 0.1) is 20.3 Å². The van der Waals surface area contributed by atoms with Crippen molar-refractivity contribution in [3.05, 3.63) is 23.3 Å². The highest BCUT2D eigenvalue weighted by Gasteiger charge is 2.35. The van der Waals surface area contributed by atoms with Crippen molar-refractivity contribution < 1.29 is 14.6 Å². The number of hydrogen-bond donors (Lipinski definition) is 1. The highest BCUT2D eigenvalue weighted by molar-refractivity contribution is 5.51. The second-order valence-corrected chi connectivity index (χ2v) is 6.31. The van der Waals surface area contributed by atoms with Gasteiger partial charge < -0.3 is 19.5 Å². The normalized spacial score (nSPS) is 26.5. The lowest BCUT2D eigenvalue weighted by molar-refractivity contribution is 0.0180. The SMILES string of the molecule is COc1ccc(OC)c2c1CC(O)C(N1CCN(C)CC1)C2. The molecule has 1 aliphatic heterocycles. The standard InChI is InChI=1S/C17H26N2O3/c1-18-6-8-19(9-7-18)14-10-12-13(11-15(14)20)17(22-3)5-4-16(12)21-2/h4-5,14-15,20H,6-11H2,1-3H3. The molecule has 3 rings (SSSR count). The molecule has 1 aromatic rings. The van der Waals surface area contributed by atoms with Crippen molar-refractivity contribution in [1.29, 1.82) is 0 Å². The van der Waals surface area contributed by atoms with Crippen LogP contribution in [0.4, 0.5) is 0 Å². The molecule has 0 radical (unpaired) electrons. The van der Waals surface area contributed by atoms with Crippen molar-refractivity contribution >= 4 is 0 Å². The van der Waals surface area contributed by atoms with Crippen LogP contribution in [0, 0.1) is 0 Å². The Morgan fingerprint density at radius 3 is 2.05 bits per heavy atom. The number of aliphatic hydroxyl groups excluding tert-OH is 1. The highest BCUT2D eigenvalue weighted by atomic mass is 16.5. The maximum Gasteiger partial charge on any atom is 0.122 e. The third-order valence-electron chi connectivity index (χ3n) is 5.06. The third-order valence-corrected chi connectivity index (χ3v) is 5.06. The summed E-state index contributed by atoms with van der Waals surface area (Å²) in [5, 5.41) is 10.7. The number of nitrogens with zero attached hydrogens (tertiary/aromatic N) is 2. The summed E-state index contributed by atoms with van der Waals surface area (Å²) >= 11 is 0. The molecule has 1 aromatic carbocycles. The fraction of sp³-hybridized carbons (Fsp3) is 0.647. The van der Waals surface area contributed by atoms with Crippen molar-refractivity contribution in [3.63, 3.8) is 0 Å². The van der Waals surface area contributed by atoms with Crippen LogP contribution in [0.15, 0.2) is 12.1 Å². The van der Waals surface area contributed by atoms with Gasteiger partial charge in [0.2, 0.25) is 0 Å². The van der Waals surface area contributed by atoms with Crippen LogP contribution in [0.5, 0.6) is 11.5 Å². The Hall–Kier alpha value is -1.30. The fourth-order valence-electron chi connectivity index (χ4n) is 3.70. The van der Waals surface area contributed by atoms with E-state index in [2.05, 4.69) is 16.8 Å². The van der Waals surface area contributed by atoms with E-state index in [9.17, 15) is 5.11 Å². The first-order valence-electron chi connectivity index (χ1n) is 7.97. The molecule has 1 N–H and O–H groups in total. The van der Waals surface area contributed by atoms with Crippen LogP contribution in [0.3, 0.4) is 0 Å². The highest BCUT2D eigenvalue weighted by Crippen LogP contribution is 2.37. The number of benzene rings is 1. The molecule has 0 saturated carbocycles. The van der Waals surface area contributed by atoms with E-state index < -0.39 is 0 Å². The van der Waals surface area contributed by atoms with Gasteiger partial charge in [-0.15, -0.1) is 0 Å². The van der Waals surface area contributed by atoms with Crippen molar-refractivity contribution in [2.24, 2.45) is 0 Å². The summed E-state index contributed by atoms with van der Waals surface area (Å²) in [4.78, 5) is 4.76. The first-order chi connectivity index (χ1) is 10.6. The summed E-state index contributed by atoms with van der Waals surface area (Å²) in [6.45, 7) is 4.15. The van der Waals surface area contributed by atoms with Crippen molar-refractivity contribution in [1.82, 2.24) is 9.80 Å². The minimum atomic E-state index is -0.350. The maximum atomic E-state index is 10.7. The van der Waals surface area contributed by atoms with E-state index in [1.807, 2.05) is 12.1 Å². The molecule has 2 atom stereocenters. The Kier molecular flexibility index (Phi) is 4.57. The van der Waals surface area contributed by atoms with Gasteiger partial charge in [-0.1, -0.05) is 0 Å². The number of likely N-dealkylation sites (N-methyl/N-ethyl adjacent to an activating group) is 1. The lowest BCUT2D eigenvalue weighted by Crippen LogP contribution is -2.55. The first kappa shape index (κ1) is 15.6. The lowest BCUT2D eigenvalue weighted by atomic mass is 9.84. The molecule has 122 valence electrons. The number of methoxy groups -OCH3 is 2. The van der Waals surface area contributed by atoms with E-state index in [1.165, 1.54) is 5.56 Å². The zero-order chi connectivity index (χ0) is 15.7. The second kappa shape index (κ2) is 6.44. The maximum absolute atomic E-state index is 10.7. The third kappa shape index (κ3) is 2.81. The van der Waals surface area contributed by atoms with E-state index in [0.29, 0.717) is 6.42 Å². The van der Waals surface area contributed by atoms with E-state index in [4.69, 9.17) is 9.47 Å². The summed E-state index contributed by atoms with van der Waals surface area (Å²) in [5.41, 5.74) is 2.29. The number of rotatable bonds is 3. The minimum absolute atomic E-state index is 0.169. The summed E-state index contributed by atoms with van der Waals surface area (Å²) in [6, 6.07) is 4.07. The van der Waals surface area contributed by atoms with Gasteiger partial charge in [-0.25, -0.2) is 0 Å². The van der Waals surface area contributed by atoms with Crippen LogP contribution in [-0.4, -0.2) is 74.5 Å². The zero-order valence-corrected chi connectivity index (χ0v) is 13.7. The van der Waals surface area contributed by atoms with Crippen molar-refractivity contribution in [2.75, 3.05) is 47.4 Å². The summed E-state index contributed by atoms with van der Waals surface area (Å²) in [5.74, 6) is 1.76. The van der Waals surface area contributed by atoms with Gasteiger partial charge in [0, 0.05) is 49.8 Å². The molecule has 0 amide bonds. The Labute approximate surface area is 132 Å². The number of ether oxygens (including phenoxy) is 2. The molecule has 0 aromatic heterocycles. The Morgan fingerprint density at radius 1 is 0.955 bits per heavy atom. The smallest absolute Gasteiger partial charge is 0.122 e. The molecule has 0 spiro atoms. The Balaban J connectivity index is 1.87. The minimum Gasteiger partial charge on any atom is -0.496 e. The molecule has 5 nitrogen and oxygen atoms in total. The first-order valence-corrected chi connectivity index (χ1v) is 7.97. The van der Waals surface area contributed by atoms with Crippen LogP contribution in [0.25, 0.3) is 0 Å². The van der Waals surface area contributed by atoms with Gasteiger partial charge in [0.1, 0.15) is 11.5 Å². The van der Waals surface area contributed by atoms with Crippen molar-refractivity contribution in [2.45, 2.75) is 25.0 Å². The van der Waals surface area contributed by atoms with E-state index >= 15 is 0 Å². The van der Waals surface area contributed by atoms with Crippen LogP contribution >= 0.6 is 0 Å². The van der Waals surface area contributed by atoms with Crippen LogP contribution < -0.4 is 9.47 Å². The average Bonchev–Trinajstić information content (AvgIpc) is 2.54. The predicted molar refractivity (Wildman–Crippen MR) is 85.8 cm³/mol. The summed E-state index contributed by atoms with van der Waals surface area (Å²) in [6.07, 6.45) is 1.10. The lowest BCUT2D eigenvalue weighted by Gasteiger charge is -2.42. The van der Waals surface area contributed by atoms with Crippen molar-refractivity contribution in [3.8, 4) is 11.5 Å². The summed E-state index contributed by atoms with van der Waals surface area (Å²) in [7, 11) is 5.54. The van der Waals surface area contributed by atoms with Gasteiger partial charge in [-0.2, -0.15) is 0 Å². The van der Waals surface area contributed by atoms with Crippen LogP contribution in [0.1, 0.15) is 11.1 Å². The molecule has 1 saturated heterocycles. The number of fused-ring (bicyclic) bond motifs is 1. The molecule has 22 heavy (non-hydrogen) atoms. The number of piperazine rings is 1. The molecule has 2 unspecified atom stereocenters. The van der Waals surface area contributed by atoms with Gasteiger partial charge in [0.15, 0.2) is 0 Å². The average molecular weight is 306 g/mol. The van der Waals surface area contributed by atoms with Crippen LogP contribution in [-0.2, 0) is 12.8 Å². The second-order valence-electron chi connectivity index (χ2n) is 6.31. The number of hydrogen-bond acceptors (Lipinski definition) is 5. The molecule has 2 aliphatic rings. The molecular weight excluding hydrogens is 280 g/mol. The van der Waals surface area contributed by atoms with Crippen LogP contribution in [0.2, 0.25) is 0 Å². The largest absolute Gasteiger partial charge is 0.496 e. The fourth-order valence-corrected chi connectivity index (χ4v) is 3.70. The monoisotopic (exact) mass is 306 g/mol. The molecule has 1 heterocycles. The Morgan fingerprint density at radius 2 is 1.50 bits per heavy atom. The van der Waals surface area contributed by atoms with Gasteiger partial charge in [-0.05, 0) is 25.6 Å².